The Labute approximate surface area is 104 Å². The number of carbonyl (C=O) groups excluding carboxylic acids is 2. The van der Waals surface area contributed by atoms with E-state index in [1.807, 2.05) is 7.05 Å². The lowest BCUT2D eigenvalue weighted by Crippen LogP contribution is -2.25. The molecule has 5 nitrogen and oxygen atoms in total. The lowest BCUT2D eigenvalue weighted by Gasteiger charge is -2.16. The molecule has 0 rings (SSSR count). The van der Waals surface area contributed by atoms with Gasteiger partial charge in [-0.05, 0) is 33.0 Å². The Morgan fingerprint density at radius 2 is 1.53 bits per heavy atom. The molecule has 0 aromatic carbocycles. The summed E-state index contributed by atoms with van der Waals surface area (Å²) in [4.78, 5) is 25.9. The third-order valence-corrected chi connectivity index (χ3v) is 2.58. The summed E-state index contributed by atoms with van der Waals surface area (Å²) >= 11 is 0. The third-order valence-electron chi connectivity index (χ3n) is 2.58. The van der Waals surface area contributed by atoms with Crippen LogP contribution in [0.1, 0.15) is 25.7 Å². The van der Waals surface area contributed by atoms with E-state index in [1.165, 1.54) is 7.11 Å². The van der Waals surface area contributed by atoms with E-state index < -0.39 is 0 Å². The maximum Gasteiger partial charge on any atom is 0.305 e. The molecule has 0 radical (unpaired) electrons. The third kappa shape index (κ3) is 8.68. The molecule has 0 atom stereocenters. The summed E-state index contributed by atoms with van der Waals surface area (Å²) in [6.45, 7) is 1.73. The molecule has 0 aromatic heterocycles. The minimum absolute atomic E-state index is 0.160. The lowest BCUT2D eigenvalue weighted by molar-refractivity contribution is -0.140. The van der Waals surface area contributed by atoms with E-state index in [1.54, 1.807) is 19.0 Å². The van der Waals surface area contributed by atoms with Gasteiger partial charge in [-0.3, -0.25) is 9.59 Å². The van der Waals surface area contributed by atoms with Crippen LogP contribution in [0.15, 0.2) is 0 Å². The summed E-state index contributed by atoms with van der Waals surface area (Å²) < 4.78 is 4.56. The summed E-state index contributed by atoms with van der Waals surface area (Å²) in [5.74, 6) is -0.00542. The molecule has 0 saturated heterocycles. The first kappa shape index (κ1) is 15.9. The molecule has 1 amide bonds. The van der Waals surface area contributed by atoms with Gasteiger partial charge in [-0.25, -0.2) is 0 Å². The van der Waals surface area contributed by atoms with Gasteiger partial charge in [-0.2, -0.15) is 0 Å². The van der Waals surface area contributed by atoms with Gasteiger partial charge in [0.25, 0.3) is 0 Å². The minimum atomic E-state index is -0.166. The van der Waals surface area contributed by atoms with Crippen molar-refractivity contribution in [3.8, 4) is 0 Å². The summed E-state index contributed by atoms with van der Waals surface area (Å²) in [6, 6.07) is 0. The highest BCUT2D eigenvalue weighted by Gasteiger charge is 2.06. The highest BCUT2D eigenvalue weighted by Crippen LogP contribution is 1.99. The molecule has 0 saturated carbocycles. The zero-order chi connectivity index (χ0) is 13.3. The van der Waals surface area contributed by atoms with Crippen molar-refractivity contribution in [2.24, 2.45) is 0 Å². The average molecular weight is 244 g/mol. The Hall–Kier alpha value is -1.10. The zero-order valence-electron chi connectivity index (χ0n) is 11.4. The minimum Gasteiger partial charge on any atom is -0.469 e. The Bertz CT molecular complexity index is 242. The molecule has 0 aliphatic rings. The maximum atomic E-state index is 11.3. The Morgan fingerprint density at radius 1 is 1.00 bits per heavy atom. The van der Waals surface area contributed by atoms with Crippen LogP contribution < -0.4 is 0 Å². The van der Waals surface area contributed by atoms with Gasteiger partial charge in [0.1, 0.15) is 0 Å². The smallest absolute Gasteiger partial charge is 0.305 e. The number of amides is 1. The van der Waals surface area contributed by atoms with Crippen molar-refractivity contribution in [2.45, 2.75) is 25.7 Å². The molecule has 0 aliphatic heterocycles. The van der Waals surface area contributed by atoms with Gasteiger partial charge < -0.3 is 14.5 Å². The topological polar surface area (TPSA) is 49.9 Å². The molecule has 0 N–H and O–H groups in total. The molecule has 0 bridgehead atoms. The molecule has 0 aliphatic carbocycles. The van der Waals surface area contributed by atoms with Crippen LogP contribution in [0.2, 0.25) is 0 Å². The zero-order valence-corrected chi connectivity index (χ0v) is 11.4. The second-order valence-electron chi connectivity index (χ2n) is 4.37. The fourth-order valence-electron chi connectivity index (χ4n) is 1.43. The van der Waals surface area contributed by atoms with Gasteiger partial charge in [0.05, 0.1) is 7.11 Å². The van der Waals surface area contributed by atoms with E-state index in [4.69, 9.17) is 0 Å². The molecular weight excluding hydrogens is 220 g/mol. The van der Waals surface area contributed by atoms with E-state index in [9.17, 15) is 9.59 Å². The number of rotatable bonds is 8. The first-order valence-corrected chi connectivity index (χ1v) is 5.93. The van der Waals surface area contributed by atoms with Crippen LogP contribution in [0.4, 0.5) is 0 Å². The van der Waals surface area contributed by atoms with Gasteiger partial charge in [-0.1, -0.05) is 0 Å². The normalized spacial score (nSPS) is 10.4. The van der Waals surface area contributed by atoms with Crippen molar-refractivity contribution >= 4 is 11.9 Å². The van der Waals surface area contributed by atoms with Crippen LogP contribution in [0.5, 0.6) is 0 Å². The second kappa shape index (κ2) is 8.98. The average Bonchev–Trinajstić information content (AvgIpc) is 2.28. The first-order chi connectivity index (χ1) is 7.97. The summed E-state index contributed by atoms with van der Waals surface area (Å²) in [5, 5.41) is 0. The van der Waals surface area contributed by atoms with Crippen LogP contribution in [0, 0.1) is 0 Å². The predicted octanol–water partition coefficient (Wildman–Crippen LogP) is 0.740. The molecule has 100 valence electrons. The number of nitrogens with zero attached hydrogens (tertiary/aromatic N) is 2. The number of ether oxygens (including phenoxy) is 1. The van der Waals surface area contributed by atoms with Gasteiger partial charge in [0.2, 0.25) is 5.91 Å². The van der Waals surface area contributed by atoms with E-state index in [2.05, 4.69) is 9.64 Å². The van der Waals surface area contributed by atoms with Gasteiger partial charge in [0.15, 0.2) is 0 Å². The number of methoxy groups -OCH3 is 1. The largest absolute Gasteiger partial charge is 0.469 e. The highest BCUT2D eigenvalue weighted by atomic mass is 16.5. The molecule has 0 spiro atoms. The fourth-order valence-corrected chi connectivity index (χ4v) is 1.43. The first-order valence-electron chi connectivity index (χ1n) is 5.93. The lowest BCUT2D eigenvalue weighted by atomic mass is 10.2. The van der Waals surface area contributed by atoms with E-state index in [0.29, 0.717) is 12.8 Å². The monoisotopic (exact) mass is 244 g/mol. The summed E-state index contributed by atoms with van der Waals surface area (Å²) in [6.07, 6.45) is 2.68. The van der Waals surface area contributed by atoms with Crippen molar-refractivity contribution in [1.29, 1.82) is 0 Å². The second-order valence-corrected chi connectivity index (χ2v) is 4.37. The highest BCUT2D eigenvalue weighted by molar-refractivity contribution is 5.75. The van der Waals surface area contributed by atoms with E-state index >= 15 is 0 Å². The van der Waals surface area contributed by atoms with Crippen molar-refractivity contribution in [1.82, 2.24) is 9.80 Å². The Kier molecular flexibility index (Phi) is 8.40. The van der Waals surface area contributed by atoms with Gasteiger partial charge >= 0.3 is 5.97 Å². The number of carbonyl (C=O) groups is 2. The van der Waals surface area contributed by atoms with E-state index in [-0.39, 0.29) is 11.9 Å². The fraction of sp³-hybridized carbons (Fsp3) is 0.833. The van der Waals surface area contributed by atoms with Crippen molar-refractivity contribution in [3.63, 3.8) is 0 Å². The summed E-state index contributed by atoms with van der Waals surface area (Å²) in [5.41, 5.74) is 0. The molecule has 0 unspecified atom stereocenters. The van der Waals surface area contributed by atoms with Gasteiger partial charge in [-0.15, -0.1) is 0 Å². The standard InChI is InChI=1S/C12H24N2O3/c1-13(2)11(15)7-5-9-14(3)10-6-8-12(16)17-4/h5-10H2,1-4H3. The van der Waals surface area contributed by atoms with Crippen LogP contribution in [-0.4, -0.2) is 63.0 Å². The molecule has 0 aromatic rings. The molecule has 0 heterocycles. The van der Waals surface area contributed by atoms with Crippen LogP contribution >= 0.6 is 0 Å². The van der Waals surface area contributed by atoms with Gasteiger partial charge in [0, 0.05) is 26.9 Å². The van der Waals surface area contributed by atoms with Crippen molar-refractivity contribution in [2.75, 3.05) is 41.3 Å². The molecule has 17 heavy (non-hydrogen) atoms. The number of hydrogen-bond acceptors (Lipinski definition) is 4. The van der Waals surface area contributed by atoms with E-state index in [0.717, 1.165) is 25.9 Å². The van der Waals surface area contributed by atoms with Crippen molar-refractivity contribution in [3.05, 3.63) is 0 Å². The SMILES string of the molecule is COC(=O)CCCN(C)CCCC(=O)N(C)C. The molecule has 5 heteroatoms. The molecular formula is C12H24N2O3. The van der Waals surface area contributed by atoms with Crippen LogP contribution in [0.25, 0.3) is 0 Å². The summed E-state index contributed by atoms with van der Waals surface area (Å²) in [7, 11) is 6.93. The quantitative estimate of drug-likeness (QED) is 0.591. The molecule has 0 fully saturated rings. The number of esters is 1. The van der Waals surface area contributed by atoms with Crippen LogP contribution in [0.3, 0.4) is 0 Å². The van der Waals surface area contributed by atoms with Crippen molar-refractivity contribution < 1.29 is 14.3 Å². The predicted molar refractivity (Wildman–Crippen MR) is 66.7 cm³/mol. The Balaban J connectivity index is 3.50. The maximum absolute atomic E-state index is 11.3. The van der Waals surface area contributed by atoms with Crippen LogP contribution in [-0.2, 0) is 14.3 Å². The number of hydrogen-bond donors (Lipinski definition) is 0. The Morgan fingerprint density at radius 3 is 2.00 bits per heavy atom.